The Labute approximate surface area is 132 Å². The number of aliphatic hydroxyl groups excluding tert-OH is 1. The quantitative estimate of drug-likeness (QED) is 0.745. The van der Waals surface area contributed by atoms with Gasteiger partial charge in [0, 0.05) is 50.7 Å². The van der Waals surface area contributed by atoms with Crippen LogP contribution in [0.2, 0.25) is 0 Å². The Hall–Kier alpha value is -0.690. The molecule has 3 rings (SSSR count). The van der Waals surface area contributed by atoms with Crippen molar-refractivity contribution in [1.82, 2.24) is 9.80 Å². The van der Waals surface area contributed by atoms with Crippen molar-refractivity contribution in [1.29, 1.82) is 0 Å². The highest BCUT2D eigenvalue weighted by Crippen LogP contribution is 2.57. The minimum Gasteiger partial charge on any atom is -0.395 e. The van der Waals surface area contributed by atoms with Crippen molar-refractivity contribution in [2.75, 3.05) is 45.9 Å². The van der Waals surface area contributed by atoms with E-state index in [0.29, 0.717) is 19.6 Å². The fraction of sp³-hybridized carbons (Fsp3) is 0.938. The first kappa shape index (κ1) is 16.2. The van der Waals surface area contributed by atoms with Crippen LogP contribution in [-0.4, -0.2) is 78.4 Å². The third-order valence-electron chi connectivity index (χ3n) is 6.11. The number of nitrogens with two attached hydrogens (primary N) is 1. The van der Waals surface area contributed by atoms with Crippen LogP contribution in [0.15, 0.2) is 0 Å². The van der Waals surface area contributed by atoms with Gasteiger partial charge in [-0.25, -0.2) is 0 Å². The molecule has 3 fully saturated rings. The molecule has 3 atom stereocenters. The molecule has 3 unspecified atom stereocenters. The van der Waals surface area contributed by atoms with Gasteiger partial charge >= 0.3 is 0 Å². The Kier molecular flexibility index (Phi) is 4.22. The zero-order valence-corrected chi connectivity index (χ0v) is 13.8. The van der Waals surface area contributed by atoms with Gasteiger partial charge in [0.05, 0.1) is 12.7 Å². The highest BCUT2D eigenvalue weighted by molar-refractivity contribution is 5.89. The number of fused-ring (bicyclic) bond motifs is 1. The molecule has 0 spiro atoms. The van der Waals surface area contributed by atoms with Gasteiger partial charge in [0.1, 0.15) is 5.54 Å². The van der Waals surface area contributed by atoms with Crippen molar-refractivity contribution in [3.05, 3.63) is 0 Å². The lowest BCUT2D eigenvalue weighted by molar-refractivity contribution is -0.230. The van der Waals surface area contributed by atoms with Crippen LogP contribution in [0.25, 0.3) is 0 Å². The van der Waals surface area contributed by atoms with E-state index in [-0.39, 0.29) is 30.0 Å². The van der Waals surface area contributed by atoms with Gasteiger partial charge in [-0.3, -0.25) is 9.69 Å². The molecule has 0 radical (unpaired) electrons. The van der Waals surface area contributed by atoms with Crippen molar-refractivity contribution >= 4 is 5.91 Å². The van der Waals surface area contributed by atoms with Crippen LogP contribution >= 0.6 is 0 Å². The first-order valence-corrected chi connectivity index (χ1v) is 8.46. The summed E-state index contributed by atoms with van der Waals surface area (Å²) in [6, 6.07) is 0. The molecule has 3 N–H and O–H groups in total. The van der Waals surface area contributed by atoms with Crippen LogP contribution in [0.3, 0.4) is 0 Å². The maximum Gasteiger partial charge on any atom is 0.243 e. The van der Waals surface area contributed by atoms with Gasteiger partial charge in [-0.1, -0.05) is 13.8 Å². The minimum atomic E-state index is -0.794. The van der Waals surface area contributed by atoms with Gasteiger partial charge in [-0.15, -0.1) is 0 Å². The Morgan fingerprint density at radius 2 is 2.00 bits per heavy atom. The van der Waals surface area contributed by atoms with Crippen molar-refractivity contribution in [3.63, 3.8) is 0 Å². The number of amides is 1. The number of piperazine rings is 1. The number of rotatable bonds is 3. The number of aliphatic hydroxyl groups is 1. The predicted octanol–water partition coefficient (Wildman–Crippen LogP) is -0.345. The largest absolute Gasteiger partial charge is 0.395 e. The van der Waals surface area contributed by atoms with Crippen LogP contribution < -0.4 is 5.73 Å². The van der Waals surface area contributed by atoms with E-state index >= 15 is 0 Å². The lowest BCUT2D eigenvalue weighted by Gasteiger charge is -2.66. The minimum absolute atomic E-state index is 0.0906. The summed E-state index contributed by atoms with van der Waals surface area (Å²) in [6.07, 6.45) is 2.10. The zero-order valence-electron chi connectivity index (χ0n) is 13.8. The molecular weight excluding hydrogens is 282 g/mol. The second-order valence-electron chi connectivity index (χ2n) is 7.49. The monoisotopic (exact) mass is 311 g/mol. The molecule has 2 heterocycles. The molecule has 0 bridgehead atoms. The summed E-state index contributed by atoms with van der Waals surface area (Å²) in [5, 5.41) is 9.01. The summed E-state index contributed by atoms with van der Waals surface area (Å²) in [5.41, 5.74) is 5.58. The molecule has 1 aliphatic carbocycles. The fourth-order valence-electron chi connectivity index (χ4n) is 4.59. The van der Waals surface area contributed by atoms with Crippen molar-refractivity contribution in [2.24, 2.45) is 17.1 Å². The van der Waals surface area contributed by atoms with E-state index in [4.69, 9.17) is 15.6 Å². The lowest BCUT2D eigenvalue weighted by atomic mass is 9.46. The van der Waals surface area contributed by atoms with E-state index in [1.54, 1.807) is 0 Å². The smallest absolute Gasteiger partial charge is 0.243 e. The van der Waals surface area contributed by atoms with E-state index in [1.165, 1.54) is 0 Å². The molecule has 6 heteroatoms. The topological polar surface area (TPSA) is 79.0 Å². The number of carbonyl (C=O) groups is 1. The van der Waals surface area contributed by atoms with Gasteiger partial charge in [0.15, 0.2) is 0 Å². The molecule has 1 saturated carbocycles. The highest BCUT2D eigenvalue weighted by Gasteiger charge is 2.70. The molecule has 2 aliphatic heterocycles. The summed E-state index contributed by atoms with van der Waals surface area (Å²) in [7, 11) is 0. The van der Waals surface area contributed by atoms with Gasteiger partial charge < -0.3 is 20.5 Å². The van der Waals surface area contributed by atoms with E-state index in [1.807, 2.05) is 4.90 Å². The van der Waals surface area contributed by atoms with E-state index in [9.17, 15) is 4.79 Å². The molecule has 3 aliphatic rings. The zero-order chi connectivity index (χ0) is 16.0. The molecule has 6 nitrogen and oxygen atoms in total. The maximum absolute atomic E-state index is 13.1. The third kappa shape index (κ3) is 2.19. The van der Waals surface area contributed by atoms with E-state index in [2.05, 4.69) is 18.7 Å². The number of carbonyl (C=O) groups excluding carboxylic acids is 1. The van der Waals surface area contributed by atoms with Crippen molar-refractivity contribution in [3.8, 4) is 0 Å². The second kappa shape index (κ2) is 5.74. The molecule has 126 valence electrons. The fourth-order valence-corrected chi connectivity index (χ4v) is 4.59. The Balaban J connectivity index is 1.69. The lowest BCUT2D eigenvalue weighted by Crippen LogP contribution is -2.82. The van der Waals surface area contributed by atoms with E-state index < -0.39 is 5.54 Å². The molecule has 0 aromatic rings. The van der Waals surface area contributed by atoms with Crippen LogP contribution in [0.5, 0.6) is 0 Å². The molecule has 22 heavy (non-hydrogen) atoms. The number of ether oxygens (including phenoxy) is 1. The summed E-state index contributed by atoms with van der Waals surface area (Å²) < 4.78 is 5.89. The molecule has 0 aromatic heterocycles. The van der Waals surface area contributed by atoms with Gasteiger partial charge in [0.25, 0.3) is 0 Å². The van der Waals surface area contributed by atoms with E-state index in [0.717, 1.165) is 32.5 Å². The first-order chi connectivity index (χ1) is 10.4. The average molecular weight is 311 g/mol. The Morgan fingerprint density at radius 3 is 2.64 bits per heavy atom. The predicted molar refractivity (Wildman–Crippen MR) is 83.3 cm³/mol. The third-order valence-corrected chi connectivity index (χ3v) is 6.11. The van der Waals surface area contributed by atoms with Crippen LogP contribution in [0.4, 0.5) is 0 Å². The highest BCUT2D eigenvalue weighted by atomic mass is 16.5. The molecule has 1 amide bonds. The molecule has 2 saturated heterocycles. The molecular formula is C16H29N3O3. The standard InChI is InChI=1S/C16H29N3O3/c1-15(2)13-12(4-3-11-22-13)16(15,17)14(21)19-7-5-18(6-8-19)9-10-20/h12-13,20H,3-11,17H2,1-2H3. The summed E-state index contributed by atoms with van der Waals surface area (Å²) >= 11 is 0. The summed E-state index contributed by atoms with van der Waals surface area (Å²) in [5.74, 6) is 0.243. The maximum atomic E-state index is 13.1. The van der Waals surface area contributed by atoms with Crippen LogP contribution in [0.1, 0.15) is 26.7 Å². The number of hydrogen-bond acceptors (Lipinski definition) is 5. The normalized spacial score (nSPS) is 38.3. The average Bonchev–Trinajstić information content (AvgIpc) is 2.54. The number of hydrogen-bond donors (Lipinski definition) is 2. The van der Waals surface area contributed by atoms with Gasteiger partial charge in [-0.05, 0) is 12.8 Å². The number of nitrogens with zero attached hydrogens (tertiary/aromatic N) is 2. The van der Waals surface area contributed by atoms with Crippen molar-refractivity contribution in [2.45, 2.75) is 38.3 Å². The number of β-amino-alcohol motifs (C(OH)–C–C–N with tert-alkyl or cyclic N) is 1. The Bertz CT molecular complexity index is 434. The summed E-state index contributed by atoms with van der Waals surface area (Å²) in [6.45, 7) is 8.80. The molecule has 0 aromatic carbocycles. The SMILES string of the molecule is CC1(C)C2OCCCC2C1(N)C(=O)N1CCN(CCO)CC1. The summed E-state index contributed by atoms with van der Waals surface area (Å²) in [4.78, 5) is 17.2. The van der Waals surface area contributed by atoms with Crippen LogP contribution in [-0.2, 0) is 9.53 Å². The second-order valence-corrected chi connectivity index (χ2v) is 7.49. The van der Waals surface area contributed by atoms with Gasteiger partial charge in [0.2, 0.25) is 5.91 Å². The first-order valence-electron chi connectivity index (χ1n) is 8.46. The van der Waals surface area contributed by atoms with Gasteiger partial charge in [-0.2, -0.15) is 0 Å². The Morgan fingerprint density at radius 1 is 1.32 bits per heavy atom. The van der Waals surface area contributed by atoms with Crippen LogP contribution in [0, 0.1) is 11.3 Å². The van der Waals surface area contributed by atoms with Crippen molar-refractivity contribution < 1.29 is 14.6 Å².